The van der Waals surface area contributed by atoms with Crippen molar-refractivity contribution in [3.63, 3.8) is 0 Å². The van der Waals surface area contributed by atoms with Gasteiger partial charge in [0.1, 0.15) is 0 Å². The van der Waals surface area contributed by atoms with Crippen molar-refractivity contribution in [3.8, 4) is 0 Å². The number of fused-ring (bicyclic) bond motifs is 1. The van der Waals surface area contributed by atoms with Gasteiger partial charge >= 0.3 is 0 Å². The Hall–Kier alpha value is -0.200. The van der Waals surface area contributed by atoms with Gasteiger partial charge in [-0.25, -0.2) is 0 Å². The fraction of sp³-hybridized carbons (Fsp3) is 1.00. The van der Waals surface area contributed by atoms with Crippen LogP contribution in [0.1, 0.15) is 78.6 Å². The predicted molar refractivity (Wildman–Crippen MR) is 91.2 cm³/mol. The van der Waals surface area contributed by atoms with Crippen LogP contribution in [0.3, 0.4) is 0 Å². The van der Waals surface area contributed by atoms with Crippen LogP contribution in [-0.4, -0.2) is 34.5 Å². The van der Waals surface area contributed by atoms with Crippen molar-refractivity contribution in [2.45, 2.75) is 95.7 Å². The molecule has 0 aromatic rings. The Morgan fingerprint density at radius 1 is 1.13 bits per heavy atom. The zero-order valence-corrected chi connectivity index (χ0v) is 15.1. The third-order valence-corrected chi connectivity index (χ3v) is 7.40. The van der Waals surface area contributed by atoms with Crippen LogP contribution in [0.5, 0.6) is 0 Å². The van der Waals surface area contributed by atoms with Gasteiger partial charge in [-0.05, 0) is 76.5 Å². The van der Waals surface area contributed by atoms with Gasteiger partial charge in [0.05, 0.1) is 7.11 Å². The smallest absolute Gasteiger partial charge is 0.0563 e. The molecular formula is C18H32N2O3-2. The van der Waals surface area contributed by atoms with Crippen molar-refractivity contribution in [3.05, 3.63) is 10.4 Å². The SMILES string of the molecule is CCC(C)(C)N([O-])C1([C@@]23CCC2C3)CCCC(N([O-])OC)CC1. The van der Waals surface area contributed by atoms with Crippen LogP contribution >= 0.6 is 0 Å². The van der Waals surface area contributed by atoms with E-state index in [0.717, 1.165) is 49.7 Å². The maximum absolute atomic E-state index is 13.5. The van der Waals surface area contributed by atoms with Gasteiger partial charge in [0.25, 0.3) is 0 Å². The Bertz CT molecular complexity index is 440. The van der Waals surface area contributed by atoms with E-state index in [1.807, 2.05) is 0 Å². The first-order valence-corrected chi connectivity index (χ1v) is 9.31. The third kappa shape index (κ3) is 2.56. The van der Waals surface area contributed by atoms with Crippen molar-refractivity contribution >= 4 is 0 Å². The second kappa shape index (κ2) is 5.95. The lowest BCUT2D eigenvalue weighted by Crippen LogP contribution is -2.61. The molecule has 3 aliphatic carbocycles. The predicted octanol–water partition coefficient (Wildman–Crippen LogP) is 4.21. The van der Waals surface area contributed by atoms with Crippen molar-refractivity contribution in [2.24, 2.45) is 11.3 Å². The monoisotopic (exact) mass is 324 g/mol. The van der Waals surface area contributed by atoms with Gasteiger partial charge in [0.15, 0.2) is 0 Å². The highest BCUT2D eigenvalue weighted by Gasteiger charge is 2.71. The zero-order valence-electron chi connectivity index (χ0n) is 15.1. The van der Waals surface area contributed by atoms with E-state index in [1.54, 1.807) is 0 Å². The van der Waals surface area contributed by atoms with Gasteiger partial charge in [0, 0.05) is 17.1 Å². The summed E-state index contributed by atoms with van der Waals surface area (Å²) in [6.07, 6.45) is 8.89. The summed E-state index contributed by atoms with van der Waals surface area (Å²) in [7, 11) is 1.44. The molecule has 0 heterocycles. The Morgan fingerprint density at radius 2 is 1.87 bits per heavy atom. The van der Waals surface area contributed by atoms with E-state index in [0.29, 0.717) is 0 Å². The summed E-state index contributed by atoms with van der Waals surface area (Å²) in [5, 5.41) is 27.7. The van der Waals surface area contributed by atoms with Gasteiger partial charge in [-0.3, -0.25) is 5.23 Å². The lowest BCUT2D eigenvalue weighted by atomic mass is 9.64. The Kier molecular flexibility index (Phi) is 4.56. The van der Waals surface area contributed by atoms with Crippen molar-refractivity contribution in [1.29, 1.82) is 0 Å². The van der Waals surface area contributed by atoms with Crippen LogP contribution < -0.4 is 0 Å². The molecule has 3 unspecified atom stereocenters. The minimum atomic E-state index is -0.338. The highest BCUT2D eigenvalue weighted by molar-refractivity contribution is 5.25. The third-order valence-electron chi connectivity index (χ3n) is 7.40. The van der Waals surface area contributed by atoms with Gasteiger partial charge in [-0.15, -0.1) is 0 Å². The molecule has 3 saturated carbocycles. The second-order valence-electron chi connectivity index (χ2n) is 8.64. The maximum Gasteiger partial charge on any atom is 0.0563 e. The van der Waals surface area contributed by atoms with Crippen LogP contribution in [0.15, 0.2) is 0 Å². The molecule has 3 fully saturated rings. The van der Waals surface area contributed by atoms with Crippen molar-refractivity contribution in [2.75, 3.05) is 7.11 Å². The largest absolute Gasteiger partial charge is 0.784 e. The molecule has 23 heavy (non-hydrogen) atoms. The number of hydroxylamine groups is 4. The van der Waals surface area contributed by atoms with Gasteiger partial charge in [-0.2, -0.15) is 0 Å². The summed E-state index contributed by atoms with van der Waals surface area (Å²) in [5.41, 5.74) is -0.356. The first-order valence-electron chi connectivity index (χ1n) is 9.31. The van der Waals surface area contributed by atoms with E-state index in [2.05, 4.69) is 20.8 Å². The Labute approximate surface area is 140 Å². The Morgan fingerprint density at radius 3 is 2.35 bits per heavy atom. The number of hydrogen-bond donors (Lipinski definition) is 0. The fourth-order valence-corrected chi connectivity index (χ4v) is 5.38. The molecule has 134 valence electrons. The molecule has 5 heteroatoms. The van der Waals surface area contributed by atoms with Crippen LogP contribution in [0.2, 0.25) is 0 Å². The van der Waals surface area contributed by atoms with Crippen molar-refractivity contribution < 1.29 is 4.84 Å². The van der Waals surface area contributed by atoms with Gasteiger partial charge < -0.3 is 20.3 Å². The minimum absolute atomic E-state index is 0.103. The molecule has 0 spiro atoms. The highest BCUT2D eigenvalue weighted by Crippen LogP contribution is 2.76. The Balaban J connectivity index is 1.86. The molecule has 0 aliphatic heterocycles. The van der Waals surface area contributed by atoms with E-state index in [4.69, 9.17) is 4.84 Å². The average molecular weight is 324 g/mol. The van der Waals surface area contributed by atoms with Crippen molar-refractivity contribution in [1.82, 2.24) is 10.3 Å². The molecule has 0 aromatic carbocycles. The second-order valence-corrected chi connectivity index (χ2v) is 8.64. The molecule has 3 rings (SSSR count). The summed E-state index contributed by atoms with van der Waals surface area (Å²) in [6, 6.07) is -0.103. The standard InChI is InChI=1S/C18H32N2O3/c1-5-16(2,3)20(22)18(17-11-8-14(17)13-17)10-6-7-15(9-12-18)19(21)23-4/h14-15H,5-13H2,1-4H3/q-2/t14?,15?,17-,18?/m1/s1. The fourth-order valence-electron chi connectivity index (χ4n) is 5.38. The summed E-state index contributed by atoms with van der Waals surface area (Å²) >= 11 is 0. The van der Waals surface area contributed by atoms with Gasteiger partial charge in [0.2, 0.25) is 0 Å². The quantitative estimate of drug-likeness (QED) is 0.541. The number of hydrogen-bond acceptors (Lipinski definition) is 5. The summed E-state index contributed by atoms with van der Waals surface area (Å²) in [4.78, 5) is 4.88. The summed E-state index contributed by atoms with van der Waals surface area (Å²) < 4.78 is 0. The highest BCUT2D eigenvalue weighted by atomic mass is 16.9. The molecule has 3 aliphatic rings. The number of rotatable bonds is 6. The lowest BCUT2D eigenvalue weighted by Gasteiger charge is -2.62. The molecule has 0 bridgehead atoms. The normalized spacial score (nSPS) is 40.7. The topological polar surface area (TPSA) is 61.8 Å². The molecule has 4 atom stereocenters. The molecule has 0 aromatic heterocycles. The first kappa shape index (κ1) is 17.6. The van der Waals surface area contributed by atoms with Crippen LogP contribution in [0, 0.1) is 21.7 Å². The summed E-state index contributed by atoms with van der Waals surface area (Å²) in [6.45, 7) is 6.25. The van der Waals surface area contributed by atoms with E-state index < -0.39 is 0 Å². The van der Waals surface area contributed by atoms with Crippen LogP contribution in [-0.2, 0) is 4.84 Å². The molecule has 0 saturated heterocycles. The summed E-state index contributed by atoms with van der Waals surface area (Å²) in [5.74, 6) is 0.758. The molecule has 0 amide bonds. The van der Waals surface area contributed by atoms with Crippen LogP contribution in [0.4, 0.5) is 0 Å². The molecule has 5 nitrogen and oxygen atoms in total. The molecule has 0 radical (unpaired) electrons. The number of nitrogens with zero attached hydrogens (tertiary/aromatic N) is 2. The average Bonchev–Trinajstić information content (AvgIpc) is 3.16. The lowest BCUT2D eigenvalue weighted by molar-refractivity contribution is -0.125. The van der Waals surface area contributed by atoms with E-state index in [1.165, 1.54) is 31.4 Å². The van der Waals surface area contributed by atoms with E-state index in [9.17, 15) is 10.4 Å². The van der Waals surface area contributed by atoms with E-state index >= 15 is 0 Å². The van der Waals surface area contributed by atoms with Gasteiger partial charge in [-0.1, -0.05) is 13.3 Å². The maximum atomic E-state index is 13.5. The zero-order chi connectivity index (χ0) is 16.9. The molecule has 0 N–H and O–H groups in total. The first-order chi connectivity index (χ1) is 10.8. The van der Waals surface area contributed by atoms with Crippen LogP contribution in [0.25, 0.3) is 0 Å². The minimum Gasteiger partial charge on any atom is -0.784 e. The van der Waals surface area contributed by atoms with E-state index in [-0.39, 0.29) is 22.5 Å². The molecular weight excluding hydrogens is 292 g/mol.